The molecule has 0 aliphatic carbocycles. The third kappa shape index (κ3) is 5.57. The van der Waals surface area contributed by atoms with Crippen LogP contribution in [0.1, 0.15) is 43.0 Å². The van der Waals surface area contributed by atoms with Crippen molar-refractivity contribution in [3.8, 4) is 5.75 Å². The molecule has 0 saturated carbocycles. The smallest absolute Gasteiger partial charge is 0.261 e. The van der Waals surface area contributed by atoms with Crippen molar-refractivity contribution in [2.45, 2.75) is 51.2 Å². The highest BCUT2D eigenvalue weighted by molar-refractivity contribution is 7.90. The molecule has 2 unspecified atom stereocenters. The molecule has 1 N–H and O–H groups in total. The van der Waals surface area contributed by atoms with Gasteiger partial charge in [-0.15, -0.1) is 0 Å². The zero-order valence-electron chi connectivity index (χ0n) is 16.4. The fourth-order valence-corrected chi connectivity index (χ4v) is 3.30. The number of hydrogen-bond acceptors (Lipinski definition) is 4. The summed E-state index contributed by atoms with van der Waals surface area (Å²) in [5.41, 5.74) is 3.12. The van der Waals surface area contributed by atoms with Crippen LogP contribution >= 0.6 is 0 Å². The predicted molar refractivity (Wildman–Crippen MR) is 107 cm³/mol. The Morgan fingerprint density at radius 1 is 1.07 bits per heavy atom. The number of sulfone groups is 1. The van der Waals surface area contributed by atoms with Gasteiger partial charge in [0.15, 0.2) is 15.9 Å². The zero-order chi connectivity index (χ0) is 20.2. The first-order valence-corrected chi connectivity index (χ1v) is 10.8. The Morgan fingerprint density at radius 3 is 2.22 bits per heavy atom. The Morgan fingerprint density at radius 2 is 1.70 bits per heavy atom. The van der Waals surface area contributed by atoms with Crippen molar-refractivity contribution in [3.05, 3.63) is 59.2 Å². The Hall–Kier alpha value is -2.34. The van der Waals surface area contributed by atoms with E-state index in [9.17, 15) is 13.2 Å². The van der Waals surface area contributed by atoms with Crippen molar-refractivity contribution >= 4 is 15.7 Å². The van der Waals surface area contributed by atoms with Gasteiger partial charge in [0.05, 0.1) is 10.9 Å². The van der Waals surface area contributed by atoms with E-state index in [-0.39, 0.29) is 16.8 Å². The molecule has 0 radical (unpaired) electrons. The first-order chi connectivity index (χ1) is 12.6. The minimum absolute atomic E-state index is 0.199. The molecule has 0 spiro atoms. The van der Waals surface area contributed by atoms with E-state index in [1.807, 2.05) is 45.9 Å². The van der Waals surface area contributed by atoms with E-state index in [1.54, 1.807) is 24.3 Å². The largest absolute Gasteiger partial charge is 0.481 e. The molecule has 0 aromatic heterocycles. The second kappa shape index (κ2) is 8.57. The number of hydrogen-bond donors (Lipinski definition) is 1. The highest BCUT2D eigenvalue weighted by Gasteiger charge is 2.21. The van der Waals surface area contributed by atoms with Crippen LogP contribution in [0.4, 0.5) is 0 Å². The molecule has 0 heterocycles. The quantitative estimate of drug-likeness (QED) is 0.783. The molecule has 6 heteroatoms. The Kier molecular flexibility index (Phi) is 6.65. The Balaban J connectivity index is 2.05. The van der Waals surface area contributed by atoms with Crippen molar-refractivity contribution in [2.24, 2.45) is 0 Å². The SMILES string of the molecule is CCC(Oc1ccc(C)c(C)c1)C(=O)NC(C)c1ccc(S(C)(=O)=O)cc1. The van der Waals surface area contributed by atoms with Crippen LogP contribution in [0.15, 0.2) is 47.4 Å². The fraction of sp³-hybridized carbons (Fsp3) is 0.381. The average molecular weight is 390 g/mol. The molecule has 0 bridgehead atoms. The fourth-order valence-electron chi connectivity index (χ4n) is 2.67. The molecule has 1 amide bonds. The lowest BCUT2D eigenvalue weighted by atomic mass is 10.1. The number of ether oxygens (including phenoxy) is 1. The van der Waals surface area contributed by atoms with Gasteiger partial charge < -0.3 is 10.1 Å². The average Bonchev–Trinajstić information content (AvgIpc) is 2.61. The van der Waals surface area contributed by atoms with Gasteiger partial charge in [-0.05, 0) is 68.1 Å². The maximum Gasteiger partial charge on any atom is 0.261 e. The van der Waals surface area contributed by atoms with E-state index in [0.29, 0.717) is 12.2 Å². The van der Waals surface area contributed by atoms with E-state index in [2.05, 4.69) is 5.32 Å². The molecule has 2 rings (SSSR count). The third-order valence-corrected chi connectivity index (χ3v) is 5.72. The van der Waals surface area contributed by atoms with Crippen LogP contribution in [0, 0.1) is 13.8 Å². The van der Waals surface area contributed by atoms with Gasteiger partial charge in [-0.1, -0.05) is 25.1 Å². The second-order valence-electron chi connectivity index (χ2n) is 6.83. The third-order valence-electron chi connectivity index (χ3n) is 4.59. The molecule has 0 fully saturated rings. The molecular weight excluding hydrogens is 362 g/mol. The number of carbonyl (C=O) groups is 1. The van der Waals surface area contributed by atoms with Crippen LogP contribution in [-0.2, 0) is 14.6 Å². The van der Waals surface area contributed by atoms with Gasteiger partial charge in [-0.3, -0.25) is 4.79 Å². The minimum Gasteiger partial charge on any atom is -0.481 e. The Bertz CT molecular complexity index is 904. The summed E-state index contributed by atoms with van der Waals surface area (Å²) >= 11 is 0. The van der Waals surface area contributed by atoms with Crippen molar-refractivity contribution in [2.75, 3.05) is 6.26 Å². The number of amides is 1. The normalized spacial score (nSPS) is 13.7. The van der Waals surface area contributed by atoms with Crippen molar-refractivity contribution < 1.29 is 17.9 Å². The molecule has 2 aromatic rings. The number of carbonyl (C=O) groups excluding carboxylic acids is 1. The molecule has 5 nitrogen and oxygen atoms in total. The lowest BCUT2D eigenvalue weighted by Crippen LogP contribution is -2.39. The molecule has 0 aliphatic rings. The van der Waals surface area contributed by atoms with Crippen LogP contribution in [0.2, 0.25) is 0 Å². The zero-order valence-corrected chi connectivity index (χ0v) is 17.3. The minimum atomic E-state index is -3.23. The predicted octanol–water partition coefficient (Wildman–Crippen LogP) is 3.74. The lowest BCUT2D eigenvalue weighted by Gasteiger charge is -2.21. The summed E-state index contributed by atoms with van der Waals surface area (Å²) < 4.78 is 29.0. The van der Waals surface area contributed by atoms with E-state index in [0.717, 1.165) is 11.1 Å². The summed E-state index contributed by atoms with van der Waals surface area (Å²) in [7, 11) is -3.23. The van der Waals surface area contributed by atoms with E-state index in [1.165, 1.54) is 11.8 Å². The summed E-state index contributed by atoms with van der Waals surface area (Å²) in [6.07, 6.45) is 1.12. The van der Waals surface area contributed by atoms with Crippen molar-refractivity contribution in [1.82, 2.24) is 5.32 Å². The lowest BCUT2D eigenvalue weighted by molar-refractivity contribution is -0.128. The summed E-state index contributed by atoms with van der Waals surface area (Å²) in [5.74, 6) is 0.473. The molecule has 2 atom stereocenters. The van der Waals surface area contributed by atoms with E-state index in [4.69, 9.17) is 4.74 Å². The van der Waals surface area contributed by atoms with Crippen molar-refractivity contribution in [3.63, 3.8) is 0 Å². The van der Waals surface area contributed by atoms with Crippen LogP contribution in [0.5, 0.6) is 5.75 Å². The second-order valence-corrected chi connectivity index (χ2v) is 8.85. The van der Waals surface area contributed by atoms with Gasteiger partial charge in [0.25, 0.3) is 5.91 Å². The summed E-state index contributed by atoms with van der Waals surface area (Å²) in [6.45, 7) is 7.79. The highest BCUT2D eigenvalue weighted by atomic mass is 32.2. The van der Waals surface area contributed by atoms with E-state index < -0.39 is 15.9 Å². The summed E-state index contributed by atoms with van der Waals surface area (Å²) in [4.78, 5) is 12.9. The number of nitrogens with one attached hydrogen (secondary N) is 1. The standard InChI is InChI=1S/C21H27NO4S/c1-6-20(26-18-10-7-14(2)15(3)13-18)21(23)22-16(4)17-8-11-19(12-9-17)27(5,24)25/h7-13,16,20H,6H2,1-5H3,(H,22,23). The highest BCUT2D eigenvalue weighted by Crippen LogP contribution is 2.20. The van der Waals surface area contributed by atoms with Gasteiger partial charge in [0, 0.05) is 6.26 Å². The van der Waals surface area contributed by atoms with Gasteiger partial charge in [0.1, 0.15) is 5.75 Å². The van der Waals surface area contributed by atoms with Crippen LogP contribution in [0.25, 0.3) is 0 Å². The molecule has 146 valence electrons. The van der Waals surface area contributed by atoms with Gasteiger partial charge in [-0.25, -0.2) is 8.42 Å². The maximum absolute atomic E-state index is 12.6. The number of aryl methyl sites for hydroxylation is 2. The van der Waals surface area contributed by atoms with Gasteiger partial charge in [-0.2, -0.15) is 0 Å². The molecule has 2 aromatic carbocycles. The maximum atomic E-state index is 12.6. The first-order valence-electron chi connectivity index (χ1n) is 8.96. The monoisotopic (exact) mass is 389 g/mol. The number of rotatable bonds is 7. The van der Waals surface area contributed by atoms with Gasteiger partial charge >= 0.3 is 0 Å². The van der Waals surface area contributed by atoms with Crippen molar-refractivity contribution in [1.29, 1.82) is 0 Å². The topological polar surface area (TPSA) is 72.5 Å². The van der Waals surface area contributed by atoms with E-state index >= 15 is 0 Å². The van der Waals surface area contributed by atoms with Crippen LogP contribution in [0.3, 0.4) is 0 Å². The molecule has 27 heavy (non-hydrogen) atoms. The first kappa shape index (κ1) is 21.0. The van der Waals surface area contributed by atoms with Crippen LogP contribution < -0.4 is 10.1 Å². The van der Waals surface area contributed by atoms with Gasteiger partial charge in [0.2, 0.25) is 0 Å². The number of benzene rings is 2. The summed E-state index contributed by atoms with van der Waals surface area (Å²) in [6, 6.07) is 12.0. The molecule has 0 aliphatic heterocycles. The summed E-state index contributed by atoms with van der Waals surface area (Å²) in [5, 5.41) is 2.94. The molecule has 0 saturated heterocycles. The Labute approximate surface area is 161 Å². The van der Waals surface area contributed by atoms with Crippen LogP contribution in [-0.4, -0.2) is 26.7 Å². The molecular formula is C21H27NO4S.